The van der Waals surface area contributed by atoms with E-state index in [0.717, 1.165) is 31.2 Å². The fourth-order valence-electron chi connectivity index (χ4n) is 5.03. The van der Waals surface area contributed by atoms with Gasteiger partial charge in [0.05, 0.1) is 29.9 Å². The topological polar surface area (TPSA) is 93.9 Å². The fourth-order valence-corrected chi connectivity index (χ4v) is 5.03. The molecule has 2 aromatic carbocycles. The predicted octanol–water partition coefficient (Wildman–Crippen LogP) is 4.22. The molecule has 2 aromatic heterocycles. The van der Waals surface area contributed by atoms with Crippen molar-refractivity contribution in [2.75, 3.05) is 0 Å². The molecule has 0 amide bonds. The first-order valence-electron chi connectivity index (χ1n) is 10.6. The summed E-state index contributed by atoms with van der Waals surface area (Å²) in [6.07, 6.45) is 6.11. The summed E-state index contributed by atoms with van der Waals surface area (Å²) in [6, 6.07) is 15.7. The Morgan fingerprint density at radius 3 is 2.77 bits per heavy atom. The Balaban J connectivity index is 1.07. The normalized spacial score (nSPS) is 24.8. The maximum atomic E-state index is 12.0. The van der Waals surface area contributed by atoms with Gasteiger partial charge in [-0.3, -0.25) is 4.79 Å². The first kappa shape index (κ1) is 18.4. The number of benzene rings is 2. The fraction of sp³-hybridized carbons (Fsp3) is 0.333. The van der Waals surface area contributed by atoms with E-state index < -0.39 is 0 Å². The highest BCUT2D eigenvalue weighted by molar-refractivity contribution is 5.82. The molecule has 2 aliphatic rings. The van der Waals surface area contributed by atoms with Gasteiger partial charge in [-0.05, 0) is 54.9 Å². The Hall–Kier alpha value is -3.32. The van der Waals surface area contributed by atoms with E-state index in [1.165, 1.54) is 11.9 Å². The van der Waals surface area contributed by atoms with E-state index in [2.05, 4.69) is 32.2 Å². The highest BCUT2D eigenvalue weighted by Gasteiger charge is 2.55. The molecule has 1 N–H and O–H groups in total. The van der Waals surface area contributed by atoms with Gasteiger partial charge in [0.15, 0.2) is 0 Å². The highest BCUT2D eigenvalue weighted by atomic mass is 16.5. The van der Waals surface area contributed by atoms with Gasteiger partial charge in [0.2, 0.25) is 11.7 Å². The molecule has 0 aliphatic heterocycles. The van der Waals surface area contributed by atoms with Crippen molar-refractivity contribution < 1.29 is 9.26 Å². The second-order valence-electron chi connectivity index (χ2n) is 8.85. The quantitative estimate of drug-likeness (QED) is 0.526. The van der Waals surface area contributed by atoms with Crippen LogP contribution in [-0.4, -0.2) is 26.2 Å². The molecule has 2 saturated carbocycles. The summed E-state index contributed by atoms with van der Waals surface area (Å²) in [5.74, 6) is 1.51. The lowest BCUT2D eigenvalue weighted by atomic mass is 9.50. The maximum absolute atomic E-state index is 12.0. The van der Waals surface area contributed by atoms with Crippen LogP contribution in [0.4, 0.5) is 0 Å². The Kier molecular flexibility index (Phi) is 4.24. The first-order valence-corrected chi connectivity index (χ1v) is 10.6. The monoisotopic (exact) mass is 414 g/mol. The van der Waals surface area contributed by atoms with Crippen molar-refractivity contribution in [3.8, 4) is 11.4 Å². The number of aromatic nitrogens is 4. The molecule has 7 heteroatoms. The molecule has 2 aliphatic carbocycles. The SMILES string of the molecule is O=c1[nH]cnc2ccc(-c3noc(C4CC5(CC(OCc6ccccc6)C5)C4)n3)cc12. The second-order valence-corrected chi connectivity index (χ2v) is 8.85. The van der Waals surface area contributed by atoms with E-state index in [-0.39, 0.29) is 5.56 Å². The van der Waals surface area contributed by atoms with E-state index in [1.54, 1.807) is 12.1 Å². The van der Waals surface area contributed by atoms with Gasteiger partial charge >= 0.3 is 0 Å². The minimum Gasteiger partial charge on any atom is -0.374 e. The number of hydrogen-bond acceptors (Lipinski definition) is 6. The standard InChI is InChI=1S/C24H22N4O3/c29-22-19-8-16(6-7-20(19)25-14-26-22)21-27-23(31-28-21)17-9-24(10-17)11-18(12-24)30-13-15-4-2-1-3-5-15/h1-8,14,17-18H,9-13H2,(H,25,26,29). The minimum atomic E-state index is -0.175. The average Bonchev–Trinajstić information content (AvgIpc) is 3.22. The zero-order chi connectivity index (χ0) is 20.8. The Bertz CT molecular complexity index is 1280. The number of H-pyrrole nitrogens is 1. The zero-order valence-electron chi connectivity index (χ0n) is 17.0. The molecule has 156 valence electrons. The van der Waals surface area contributed by atoms with Gasteiger partial charge in [0, 0.05) is 11.5 Å². The molecular formula is C24H22N4O3. The van der Waals surface area contributed by atoms with Crippen LogP contribution >= 0.6 is 0 Å². The summed E-state index contributed by atoms with van der Waals surface area (Å²) in [5, 5.41) is 4.67. The smallest absolute Gasteiger partial charge is 0.258 e. The van der Waals surface area contributed by atoms with Crippen LogP contribution in [0.25, 0.3) is 22.3 Å². The van der Waals surface area contributed by atoms with Crippen LogP contribution in [0.5, 0.6) is 0 Å². The summed E-state index contributed by atoms with van der Waals surface area (Å²) >= 11 is 0. The van der Waals surface area contributed by atoms with Crippen LogP contribution in [-0.2, 0) is 11.3 Å². The summed E-state index contributed by atoms with van der Waals surface area (Å²) in [4.78, 5) is 23.4. The molecule has 1 spiro atoms. The number of nitrogens with one attached hydrogen (secondary N) is 1. The third-order valence-corrected chi connectivity index (χ3v) is 6.70. The molecule has 7 nitrogen and oxygen atoms in total. The van der Waals surface area contributed by atoms with Crippen LogP contribution in [0, 0.1) is 5.41 Å². The van der Waals surface area contributed by atoms with Crippen molar-refractivity contribution in [1.82, 2.24) is 20.1 Å². The first-order chi connectivity index (χ1) is 15.2. The average molecular weight is 414 g/mol. The maximum Gasteiger partial charge on any atom is 0.258 e. The Labute approximate surface area is 178 Å². The van der Waals surface area contributed by atoms with Crippen molar-refractivity contribution in [3.63, 3.8) is 0 Å². The van der Waals surface area contributed by atoms with E-state index in [0.29, 0.717) is 46.7 Å². The van der Waals surface area contributed by atoms with Crippen LogP contribution in [0.2, 0.25) is 0 Å². The molecule has 0 bridgehead atoms. The molecule has 0 radical (unpaired) electrons. The molecular weight excluding hydrogens is 392 g/mol. The molecule has 2 heterocycles. The Morgan fingerprint density at radius 2 is 1.94 bits per heavy atom. The number of hydrogen-bond donors (Lipinski definition) is 1. The van der Waals surface area contributed by atoms with Crippen LogP contribution in [0.1, 0.15) is 43.1 Å². The van der Waals surface area contributed by atoms with E-state index in [4.69, 9.17) is 9.26 Å². The predicted molar refractivity (Wildman–Crippen MR) is 114 cm³/mol. The second kappa shape index (κ2) is 7.13. The van der Waals surface area contributed by atoms with Gasteiger partial charge in [-0.1, -0.05) is 35.5 Å². The van der Waals surface area contributed by atoms with Crippen LogP contribution < -0.4 is 5.56 Å². The molecule has 2 fully saturated rings. The van der Waals surface area contributed by atoms with E-state index >= 15 is 0 Å². The van der Waals surface area contributed by atoms with Gasteiger partial charge in [0.25, 0.3) is 5.56 Å². The van der Waals surface area contributed by atoms with Crippen molar-refractivity contribution in [2.45, 2.75) is 44.3 Å². The number of fused-ring (bicyclic) bond motifs is 1. The van der Waals surface area contributed by atoms with Gasteiger partial charge < -0.3 is 14.2 Å². The highest BCUT2D eigenvalue weighted by Crippen LogP contribution is 2.62. The number of ether oxygens (including phenoxy) is 1. The molecule has 6 rings (SSSR count). The largest absolute Gasteiger partial charge is 0.374 e. The van der Waals surface area contributed by atoms with Crippen LogP contribution in [0.3, 0.4) is 0 Å². The van der Waals surface area contributed by atoms with Crippen LogP contribution in [0.15, 0.2) is 64.2 Å². The van der Waals surface area contributed by atoms with Gasteiger partial charge in [-0.25, -0.2) is 4.98 Å². The number of nitrogens with zero attached hydrogens (tertiary/aromatic N) is 3. The molecule has 0 atom stereocenters. The third-order valence-electron chi connectivity index (χ3n) is 6.70. The van der Waals surface area contributed by atoms with E-state index in [1.807, 2.05) is 24.3 Å². The van der Waals surface area contributed by atoms with Crippen molar-refractivity contribution in [3.05, 3.63) is 76.7 Å². The number of rotatable bonds is 5. The molecule has 31 heavy (non-hydrogen) atoms. The Morgan fingerprint density at radius 1 is 1.10 bits per heavy atom. The lowest BCUT2D eigenvalue weighted by Gasteiger charge is -2.56. The summed E-state index contributed by atoms with van der Waals surface area (Å²) in [6.45, 7) is 0.683. The number of aromatic amines is 1. The third kappa shape index (κ3) is 3.35. The molecule has 0 saturated heterocycles. The minimum absolute atomic E-state index is 0.175. The van der Waals surface area contributed by atoms with Crippen molar-refractivity contribution in [2.24, 2.45) is 5.41 Å². The molecule has 4 aromatic rings. The van der Waals surface area contributed by atoms with Gasteiger partial charge in [0.1, 0.15) is 0 Å². The zero-order valence-corrected chi connectivity index (χ0v) is 17.0. The van der Waals surface area contributed by atoms with Crippen molar-refractivity contribution in [1.29, 1.82) is 0 Å². The summed E-state index contributed by atoms with van der Waals surface area (Å²) in [5.41, 5.74) is 2.83. The van der Waals surface area contributed by atoms with Crippen molar-refractivity contribution >= 4 is 10.9 Å². The molecule has 0 unspecified atom stereocenters. The lowest BCUT2D eigenvalue weighted by Crippen LogP contribution is -2.50. The summed E-state index contributed by atoms with van der Waals surface area (Å²) in [7, 11) is 0. The van der Waals surface area contributed by atoms with Gasteiger partial charge in [-0.15, -0.1) is 0 Å². The van der Waals surface area contributed by atoms with E-state index in [9.17, 15) is 4.79 Å². The summed E-state index contributed by atoms with van der Waals surface area (Å²) < 4.78 is 11.6. The lowest BCUT2D eigenvalue weighted by molar-refractivity contribution is -0.133. The van der Waals surface area contributed by atoms with Gasteiger partial charge in [-0.2, -0.15) is 4.98 Å².